The van der Waals surface area contributed by atoms with Gasteiger partial charge < -0.3 is 5.32 Å². The maximum Gasteiger partial charge on any atom is 0.222 e. The molecule has 0 bridgehead atoms. The van der Waals surface area contributed by atoms with E-state index < -0.39 is 11.6 Å². The van der Waals surface area contributed by atoms with Gasteiger partial charge in [-0.1, -0.05) is 6.07 Å². The summed E-state index contributed by atoms with van der Waals surface area (Å²) >= 11 is 3.21. The lowest BCUT2D eigenvalue weighted by Gasteiger charge is -2.05. The van der Waals surface area contributed by atoms with Crippen LogP contribution in [0.4, 0.5) is 14.7 Å². The molecule has 0 aliphatic carbocycles. The molecule has 0 fully saturated rings. The Balaban J connectivity index is 2.04. The molecule has 1 aromatic carbocycles. The van der Waals surface area contributed by atoms with Crippen molar-refractivity contribution in [3.05, 3.63) is 52.3 Å². The minimum atomic E-state index is -0.592. The fourth-order valence-electron chi connectivity index (χ4n) is 1.24. The van der Waals surface area contributed by atoms with Gasteiger partial charge in [0.15, 0.2) is 0 Å². The van der Waals surface area contributed by atoms with Gasteiger partial charge in [0.2, 0.25) is 5.95 Å². The molecular weight excluding hydrogens is 292 g/mol. The van der Waals surface area contributed by atoms with E-state index in [0.717, 1.165) is 10.5 Å². The van der Waals surface area contributed by atoms with Crippen LogP contribution < -0.4 is 5.32 Å². The third kappa shape index (κ3) is 3.20. The third-order valence-electron chi connectivity index (χ3n) is 2.07. The second kappa shape index (κ2) is 5.18. The van der Waals surface area contributed by atoms with Crippen LogP contribution in [0.3, 0.4) is 0 Å². The summed E-state index contributed by atoms with van der Waals surface area (Å²) in [6, 6.07) is 3.44. The maximum atomic E-state index is 13.3. The number of hydrogen-bond donors (Lipinski definition) is 1. The molecule has 0 unspecified atom stereocenters. The van der Waals surface area contributed by atoms with Crippen molar-refractivity contribution in [3.8, 4) is 0 Å². The van der Waals surface area contributed by atoms with Crippen molar-refractivity contribution in [2.24, 2.45) is 0 Å². The van der Waals surface area contributed by atoms with E-state index in [-0.39, 0.29) is 6.54 Å². The van der Waals surface area contributed by atoms with Crippen molar-refractivity contribution in [3.63, 3.8) is 0 Å². The molecule has 3 nitrogen and oxygen atoms in total. The van der Waals surface area contributed by atoms with Crippen molar-refractivity contribution in [2.75, 3.05) is 5.32 Å². The summed E-state index contributed by atoms with van der Waals surface area (Å²) in [6.07, 6.45) is 3.16. The molecular formula is C11H8BrF2N3. The van der Waals surface area contributed by atoms with E-state index >= 15 is 0 Å². The van der Waals surface area contributed by atoms with E-state index in [9.17, 15) is 8.78 Å². The zero-order chi connectivity index (χ0) is 12.3. The van der Waals surface area contributed by atoms with E-state index in [1.54, 1.807) is 12.4 Å². The summed E-state index contributed by atoms with van der Waals surface area (Å²) in [5.74, 6) is -0.794. The van der Waals surface area contributed by atoms with Crippen LogP contribution in [-0.2, 0) is 6.54 Å². The smallest absolute Gasteiger partial charge is 0.222 e. The Morgan fingerprint density at radius 1 is 1.18 bits per heavy atom. The van der Waals surface area contributed by atoms with E-state index in [0.29, 0.717) is 11.5 Å². The molecule has 0 atom stereocenters. The van der Waals surface area contributed by atoms with Gasteiger partial charge in [0.25, 0.3) is 0 Å². The zero-order valence-electron chi connectivity index (χ0n) is 8.62. The van der Waals surface area contributed by atoms with Crippen LogP contribution in [-0.4, -0.2) is 9.97 Å². The molecule has 17 heavy (non-hydrogen) atoms. The zero-order valence-corrected chi connectivity index (χ0v) is 10.2. The van der Waals surface area contributed by atoms with Crippen molar-refractivity contribution in [1.82, 2.24) is 9.97 Å². The highest BCUT2D eigenvalue weighted by Crippen LogP contribution is 2.12. The lowest BCUT2D eigenvalue weighted by atomic mass is 10.2. The van der Waals surface area contributed by atoms with Gasteiger partial charge in [0.1, 0.15) is 11.6 Å². The van der Waals surface area contributed by atoms with Gasteiger partial charge >= 0.3 is 0 Å². The van der Waals surface area contributed by atoms with Crippen LogP contribution in [0.15, 0.2) is 35.1 Å². The number of nitrogens with one attached hydrogen (secondary N) is 1. The standard InChI is InChI=1S/C11H8BrF2N3/c12-8-5-16-11(17-6-8)15-4-7-1-2-9(13)3-10(7)14/h1-3,5-6H,4H2,(H,15,16,17). The number of halogens is 3. The summed E-state index contributed by atoms with van der Waals surface area (Å²) in [5.41, 5.74) is 0.359. The molecule has 6 heteroatoms. The average molecular weight is 300 g/mol. The van der Waals surface area contributed by atoms with Crippen LogP contribution in [0.25, 0.3) is 0 Å². The Kier molecular flexibility index (Phi) is 3.63. The Labute approximate surface area is 105 Å². The van der Waals surface area contributed by atoms with Crippen LogP contribution in [0.2, 0.25) is 0 Å². The number of nitrogens with zero attached hydrogens (tertiary/aromatic N) is 2. The minimum Gasteiger partial charge on any atom is -0.350 e. The summed E-state index contributed by atoms with van der Waals surface area (Å²) in [6.45, 7) is 0.202. The van der Waals surface area contributed by atoms with Gasteiger partial charge in [-0.15, -0.1) is 0 Å². The van der Waals surface area contributed by atoms with Crippen molar-refractivity contribution in [1.29, 1.82) is 0 Å². The minimum absolute atomic E-state index is 0.202. The first kappa shape index (κ1) is 11.9. The maximum absolute atomic E-state index is 13.3. The predicted octanol–water partition coefficient (Wildman–Crippen LogP) is 3.13. The Morgan fingerprint density at radius 3 is 2.53 bits per heavy atom. The second-order valence-corrected chi connectivity index (χ2v) is 4.23. The van der Waals surface area contributed by atoms with Crippen LogP contribution in [0.1, 0.15) is 5.56 Å². The first-order valence-electron chi connectivity index (χ1n) is 4.80. The van der Waals surface area contributed by atoms with Crippen LogP contribution >= 0.6 is 15.9 Å². The fourth-order valence-corrected chi connectivity index (χ4v) is 1.45. The molecule has 1 N–H and O–H groups in total. The van der Waals surface area contributed by atoms with Crippen molar-refractivity contribution < 1.29 is 8.78 Å². The number of anilines is 1. The number of rotatable bonds is 3. The third-order valence-corrected chi connectivity index (χ3v) is 2.48. The molecule has 1 aromatic heterocycles. The molecule has 0 aliphatic heterocycles. The Morgan fingerprint density at radius 2 is 1.88 bits per heavy atom. The van der Waals surface area contributed by atoms with Gasteiger partial charge in [0, 0.05) is 30.6 Å². The van der Waals surface area contributed by atoms with Gasteiger partial charge in [-0.25, -0.2) is 18.7 Å². The molecule has 0 radical (unpaired) electrons. The quantitative estimate of drug-likeness (QED) is 0.946. The molecule has 0 saturated carbocycles. The highest BCUT2D eigenvalue weighted by atomic mass is 79.9. The lowest BCUT2D eigenvalue weighted by molar-refractivity contribution is 0.574. The summed E-state index contributed by atoms with van der Waals surface area (Å²) < 4.78 is 26.7. The lowest BCUT2D eigenvalue weighted by Crippen LogP contribution is -2.05. The normalized spacial score (nSPS) is 10.3. The second-order valence-electron chi connectivity index (χ2n) is 3.31. The topological polar surface area (TPSA) is 37.8 Å². The Hall–Kier alpha value is -1.56. The first-order valence-corrected chi connectivity index (χ1v) is 5.60. The Bertz CT molecular complexity index is 517. The molecule has 1 heterocycles. The van der Waals surface area contributed by atoms with Crippen molar-refractivity contribution >= 4 is 21.9 Å². The number of benzene rings is 1. The van der Waals surface area contributed by atoms with E-state index in [1.165, 1.54) is 12.1 Å². The van der Waals surface area contributed by atoms with Crippen molar-refractivity contribution in [2.45, 2.75) is 6.54 Å². The molecule has 0 amide bonds. The average Bonchev–Trinajstić information content (AvgIpc) is 2.30. The summed E-state index contributed by atoms with van der Waals surface area (Å²) in [4.78, 5) is 7.95. The van der Waals surface area contributed by atoms with Gasteiger partial charge in [-0.05, 0) is 22.0 Å². The molecule has 0 spiro atoms. The summed E-state index contributed by atoms with van der Waals surface area (Å²) in [7, 11) is 0. The van der Waals surface area contributed by atoms with Gasteiger partial charge in [-0.3, -0.25) is 0 Å². The number of aromatic nitrogens is 2. The predicted molar refractivity (Wildman–Crippen MR) is 63.4 cm³/mol. The first-order chi connectivity index (χ1) is 8.15. The van der Waals surface area contributed by atoms with E-state index in [4.69, 9.17) is 0 Å². The molecule has 0 saturated heterocycles. The molecule has 88 valence electrons. The van der Waals surface area contributed by atoms with Gasteiger partial charge in [0.05, 0.1) is 4.47 Å². The van der Waals surface area contributed by atoms with Gasteiger partial charge in [-0.2, -0.15) is 0 Å². The molecule has 2 aromatic rings. The monoisotopic (exact) mass is 299 g/mol. The SMILES string of the molecule is Fc1ccc(CNc2ncc(Br)cn2)c(F)c1. The van der Waals surface area contributed by atoms with E-state index in [1.807, 2.05) is 0 Å². The summed E-state index contributed by atoms with van der Waals surface area (Å²) in [5, 5.41) is 2.84. The largest absolute Gasteiger partial charge is 0.350 e. The van der Waals surface area contributed by atoms with Crippen LogP contribution in [0, 0.1) is 11.6 Å². The van der Waals surface area contributed by atoms with E-state index in [2.05, 4.69) is 31.2 Å². The molecule has 2 rings (SSSR count). The number of hydrogen-bond acceptors (Lipinski definition) is 3. The fraction of sp³-hybridized carbons (Fsp3) is 0.0909. The molecule has 0 aliphatic rings. The highest BCUT2D eigenvalue weighted by Gasteiger charge is 2.04. The highest BCUT2D eigenvalue weighted by molar-refractivity contribution is 9.10. The van der Waals surface area contributed by atoms with Crippen LogP contribution in [0.5, 0.6) is 0 Å².